The van der Waals surface area contributed by atoms with Crippen molar-refractivity contribution in [3.8, 4) is 20.8 Å². The Morgan fingerprint density at radius 3 is 1.21 bits per heavy atom. The van der Waals surface area contributed by atoms with Crippen LogP contribution >= 0.6 is 57.8 Å². The number of nitrogens with one attached hydrogen (secondary N) is 1. The average Bonchev–Trinajstić information content (AvgIpc) is 1.67. The third-order valence-electron chi connectivity index (χ3n) is 20.5. The van der Waals surface area contributed by atoms with Crippen LogP contribution in [-0.4, -0.2) is 237 Å². The van der Waals surface area contributed by atoms with Gasteiger partial charge >= 0.3 is 0 Å². The van der Waals surface area contributed by atoms with Crippen LogP contribution in [0.2, 0.25) is 0 Å². The molecule has 630 valence electrons. The third kappa shape index (κ3) is 24.7. The SMILES string of the molecule is CCOc1nc2c(s1)CCN(CCC(OC)OC)C2.CCOc1nc2c(s1)CCN(CCC1OCC(CC(=O)c3cccc4nn(C)cc34)CO1)C2.CCOc1nc2c(s1)CCN(CCC1OCC(CC(=O)c3cccc4nn(C)cc34)CO1)C2.CCOc1nc2c(s1)CCNC2.Cl.Cn1cc2c(C(=O)CC(CO)CO)cccc2n1. The minimum absolute atomic E-state index is 0. The number of hydrogen-bond acceptors (Lipinski definition) is 30. The fourth-order valence-electron chi connectivity index (χ4n) is 14.6. The number of hydrogen-bond donors (Lipinski definition) is 3. The number of rotatable bonds is 30. The van der Waals surface area contributed by atoms with E-state index in [9.17, 15) is 14.4 Å². The molecule has 0 atom stereocenters. The van der Waals surface area contributed by atoms with Crippen molar-refractivity contribution in [1.29, 1.82) is 0 Å². The number of aromatic nitrogens is 10. The van der Waals surface area contributed by atoms with Crippen molar-refractivity contribution in [2.75, 3.05) is 126 Å². The zero-order chi connectivity index (χ0) is 80.7. The molecule has 6 aliphatic heterocycles. The van der Waals surface area contributed by atoms with Gasteiger partial charge in [0.25, 0.3) is 20.8 Å². The third-order valence-corrected chi connectivity index (χ3v) is 24.8. The zero-order valence-corrected chi connectivity index (χ0v) is 72.0. The summed E-state index contributed by atoms with van der Waals surface area (Å²) >= 11 is 6.72. The molecule has 0 spiro atoms. The quantitative estimate of drug-likeness (QED) is 0.0278. The maximum atomic E-state index is 12.9. The van der Waals surface area contributed by atoms with Gasteiger partial charge in [-0.1, -0.05) is 81.7 Å². The van der Waals surface area contributed by atoms with Crippen molar-refractivity contribution < 1.29 is 72.0 Å². The van der Waals surface area contributed by atoms with Crippen molar-refractivity contribution in [1.82, 2.24) is 69.3 Å². The van der Waals surface area contributed by atoms with Crippen LogP contribution in [0.15, 0.2) is 73.2 Å². The van der Waals surface area contributed by atoms with E-state index in [4.69, 9.17) is 57.6 Å². The Morgan fingerprint density at radius 2 is 0.853 bits per heavy atom. The van der Waals surface area contributed by atoms with Crippen molar-refractivity contribution in [3.05, 3.63) is 132 Å². The fraction of sp³-hybridized carbons (Fsp3) is 0.561. The molecule has 3 aromatic carbocycles. The van der Waals surface area contributed by atoms with Crippen LogP contribution in [0, 0.1) is 17.8 Å². The number of aryl methyl sites for hydroxylation is 3. The van der Waals surface area contributed by atoms with E-state index in [2.05, 4.69) is 55.2 Å². The van der Waals surface area contributed by atoms with E-state index in [-0.39, 0.29) is 80.1 Å². The summed E-state index contributed by atoms with van der Waals surface area (Å²) < 4.78 is 61.4. The minimum Gasteiger partial charge on any atom is -0.470 e. The topological polar surface area (TPSA) is 311 Å². The van der Waals surface area contributed by atoms with Gasteiger partial charge in [-0.05, 0) is 71.6 Å². The average molecular weight is 1700 g/mol. The van der Waals surface area contributed by atoms with Gasteiger partial charge in [-0.3, -0.25) is 43.1 Å². The summed E-state index contributed by atoms with van der Waals surface area (Å²) in [4.78, 5) is 68.8. The largest absolute Gasteiger partial charge is 0.470 e. The normalized spacial score (nSPS) is 18.1. The van der Waals surface area contributed by atoms with Gasteiger partial charge in [0.1, 0.15) is 0 Å². The van der Waals surface area contributed by atoms with Crippen molar-refractivity contribution in [2.45, 2.75) is 137 Å². The lowest BCUT2D eigenvalue weighted by molar-refractivity contribution is -0.203. The number of carbonyl (C=O) groups is 3. The molecule has 0 radical (unpaired) electrons. The Labute approximate surface area is 699 Å². The van der Waals surface area contributed by atoms with Gasteiger partial charge in [0.15, 0.2) is 36.2 Å². The number of fused-ring (bicyclic) bond motifs is 7. The lowest BCUT2D eigenvalue weighted by Crippen LogP contribution is -2.37. The van der Waals surface area contributed by atoms with E-state index in [1.54, 1.807) is 99.0 Å². The van der Waals surface area contributed by atoms with Crippen molar-refractivity contribution in [2.24, 2.45) is 38.9 Å². The number of thiazole rings is 4. The molecule has 3 N–H and O–H groups in total. The number of methoxy groups -OCH3 is 2. The number of halogens is 1. The van der Waals surface area contributed by atoms with Crippen LogP contribution in [0.3, 0.4) is 0 Å². The molecule has 0 unspecified atom stereocenters. The lowest BCUT2D eigenvalue weighted by Gasteiger charge is -2.31. The number of benzene rings is 3. The van der Waals surface area contributed by atoms with Gasteiger partial charge in [0, 0.05) is 248 Å². The Morgan fingerprint density at radius 1 is 0.500 bits per heavy atom. The molecule has 13 heterocycles. The van der Waals surface area contributed by atoms with E-state index in [0.29, 0.717) is 71.3 Å². The zero-order valence-electron chi connectivity index (χ0n) is 67.9. The first kappa shape index (κ1) is 89.4. The highest BCUT2D eigenvalue weighted by atomic mass is 35.5. The minimum atomic E-state index is -0.399. The number of carbonyl (C=O) groups excluding carboxylic acids is 3. The summed E-state index contributed by atoms with van der Waals surface area (Å²) in [5.41, 5.74) is 9.13. The summed E-state index contributed by atoms with van der Waals surface area (Å²) in [6, 6.07) is 16.8. The Bertz CT molecular complexity index is 4550. The maximum Gasteiger partial charge on any atom is 0.273 e. The van der Waals surface area contributed by atoms with Crippen LogP contribution < -0.4 is 24.3 Å². The van der Waals surface area contributed by atoms with Gasteiger partial charge in [-0.15, -0.1) is 12.4 Å². The standard InChI is InChI=1S/2C24H30N4O4S.C13H22N2O3S.C13H16N2O3.C8H12N2OS.ClH/c2*1-3-30-24-25-20-13-28(9-7-22(20)33-24)10-8-23-31-14-16(15-32-23)11-21(29)17-5-4-6-19-18(17)12-27(2)26-19;1-4-18-13-14-10-9-15(7-5-11(10)19-13)8-6-12(16-2)17-3;1-15-6-11-10(3-2-4-12(11)14-15)13(18)5-9(7-16)8-17;1-2-11-8-10-6-5-9-4-3-7(6)12-8;/h2*4-6,12,16,23H,3,7-11,13-15H2,1-2H3;12H,4-9H2,1-3H3;2-4,6,9,16-17H,5,7-8H2,1H3;9H,2-5H2,1H3;1H. The predicted molar refractivity (Wildman–Crippen MR) is 449 cm³/mol. The molecule has 0 amide bonds. The molecular weight excluding hydrogens is 1580 g/mol. The molecule has 10 aromatic rings. The smallest absolute Gasteiger partial charge is 0.273 e. The van der Waals surface area contributed by atoms with Gasteiger partial charge in [0.2, 0.25) is 0 Å². The summed E-state index contributed by atoms with van der Waals surface area (Å²) in [7, 11) is 8.90. The van der Waals surface area contributed by atoms with Crippen molar-refractivity contribution >= 4 is 108 Å². The molecule has 16 rings (SSSR count). The van der Waals surface area contributed by atoms with E-state index in [1.165, 1.54) is 30.9 Å². The van der Waals surface area contributed by atoms with E-state index in [1.807, 2.05) is 96.6 Å². The molecule has 6 aliphatic rings. The fourth-order valence-corrected chi connectivity index (χ4v) is 18.4. The number of ether oxygens (including phenoxy) is 10. The molecule has 29 nitrogen and oxygen atoms in total. The van der Waals surface area contributed by atoms with Crippen LogP contribution in [0.4, 0.5) is 0 Å². The second-order valence-electron chi connectivity index (χ2n) is 29.1. The monoisotopic (exact) mass is 1690 g/mol. The van der Waals surface area contributed by atoms with E-state index in [0.717, 1.165) is 193 Å². The molecule has 34 heteroatoms. The highest BCUT2D eigenvalue weighted by Crippen LogP contribution is 2.35. The first-order valence-corrected chi connectivity index (χ1v) is 43.2. The number of aliphatic hydroxyl groups is 2. The number of ketones is 3. The van der Waals surface area contributed by atoms with Crippen molar-refractivity contribution in [3.63, 3.8) is 0 Å². The van der Waals surface area contributed by atoms with Gasteiger partial charge in [-0.25, -0.2) is 19.9 Å². The lowest BCUT2D eigenvalue weighted by atomic mass is 9.97. The van der Waals surface area contributed by atoms with Crippen LogP contribution in [0.5, 0.6) is 20.8 Å². The highest BCUT2D eigenvalue weighted by Gasteiger charge is 2.31. The molecule has 2 fully saturated rings. The summed E-state index contributed by atoms with van der Waals surface area (Å²) in [5.74, 6) is -0.104. The van der Waals surface area contributed by atoms with E-state index >= 15 is 0 Å². The summed E-state index contributed by atoms with van der Waals surface area (Å²) in [5, 5.41) is 40.1. The Hall–Kier alpha value is -7.39. The van der Waals surface area contributed by atoms with Crippen LogP contribution in [0.1, 0.15) is 140 Å². The van der Waals surface area contributed by atoms with Gasteiger partial charge in [0.05, 0.1) is 92.2 Å². The second kappa shape index (κ2) is 44.6. The molecule has 2 saturated heterocycles. The molecular formula is C82H111ClN14O15S4. The maximum absolute atomic E-state index is 12.9. The Balaban J connectivity index is 0.000000149. The second-order valence-corrected chi connectivity index (χ2v) is 33.2. The number of Topliss-reactive ketones (excluding diaryl/α,β-unsaturated/α-hetero) is 3. The molecule has 0 bridgehead atoms. The highest BCUT2D eigenvalue weighted by molar-refractivity contribution is 7.14. The first-order valence-electron chi connectivity index (χ1n) is 39.9. The predicted octanol–water partition coefficient (Wildman–Crippen LogP) is 11.1. The molecule has 7 aromatic heterocycles. The number of nitrogens with zero attached hydrogens (tertiary/aromatic N) is 13. The van der Waals surface area contributed by atoms with Gasteiger partial charge < -0.3 is 62.9 Å². The van der Waals surface area contributed by atoms with Crippen LogP contribution in [-0.2, 0) is 101 Å². The van der Waals surface area contributed by atoms with Gasteiger partial charge in [-0.2, -0.15) is 15.3 Å². The molecule has 0 aliphatic carbocycles. The van der Waals surface area contributed by atoms with Crippen LogP contribution in [0.25, 0.3) is 32.7 Å². The summed E-state index contributed by atoms with van der Waals surface area (Å²) in [6.07, 6.45) is 12.7. The molecule has 116 heavy (non-hydrogen) atoms. The summed E-state index contributed by atoms with van der Waals surface area (Å²) in [6.45, 7) is 22.9. The molecule has 0 saturated carbocycles. The Kier molecular flexibility index (Phi) is 34.4. The number of aliphatic hydroxyl groups excluding tert-OH is 2. The first-order chi connectivity index (χ1) is 56.0. The van der Waals surface area contributed by atoms with E-state index < -0.39 is 5.92 Å².